The van der Waals surface area contributed by atoms with E-state index >= 15 is 0 Å². The minimum absolute atomic E-state index is 0.250. The lowest BCUT2D eigenvalue weighted by Gasteiger charge is -2.00. The monoisotopic (exact) mass is 254 g/mol. The molecule has 2 amide bonds. The second-order valence-electron chi connectivity index (χ2n) is 3.86. The highest BCUT2D eigenvalue weighted by Crippen LogP contribution is 2.24. The standard InChI is InChI=1S/C12H10N6O/c13-11(19)18-12-16-9-8(7-4-2-1-3-5-7)14-6-15-10(9)17-12/h1-6H,(H4,13,14,15,16,17,18,19). The van der Waals surface area contributed by atoms with Crippen molar-refractivity contribution in [2.45, 2.75) is 0 Å². The number of H-pyrrole nitrogens is 1. The molecule has 19 heavy (non-hydrogen) atoms. The SMILES string of the molecule is NC(=O)Nc1nc2ncnc(-c3ccccc3)c2[nH]1. The summed E-state index contributed by atoms with van der Waals surface area (Å²) >= 11 is 0. The van der Waals surface area contributed by atoms with Gasteiger partial charge in [0.2, 0.25) is 5.95 Å². The number of anilines is 1. The van der Waals surface area contributed by atoms with Gasteiger partial charge in [-0.25, -0.2) is 14.8 Å². The molecule has 4 N–H and O–H groups in total. The van der Waals surface area contributed by atoms with Gasteiger partial charge in [0.25, 0.3) is 0 Å². The van der Waals surface area contributed by atoms with E-state index in [9.17, 15) is 4.79 Å². The van der Waals surface area contributed by atoms with E-state index in [2.05, 4.69) is 25.3 Å². The number of urea groups is 1. The van der Waals surface area contributed by atoms with E-state index in [0.717, 1.165) is 11.3 Å². The van der Waals surface area contributed by atoms with E-state index in [1.54, 1.807) is 0 Å². The number of rotatable bonds is 2. The van der Waals surface area contributed by atoms with Gasteiger partial charge in [0.05, 0.1) is 5.69 Å². The van der Waals surface area contributed by atoms with Crippen LogP contribution in [0.3, 0.4) is 0 Å². The van der Waals surface area contributed by atoms with Gasteiger partial charge in [-0.3, -0.25) is 5.32 Å². The molecule has 3 aromatic rings. The molecule has 0 aliphatic heterocycles. The van der Waals surface area contributed by atoms with Crippen LogP contribution in [0.1, 0.15) is 0 Å². The first-order chi connectivity index (χ1) is 9.24. The predicted molar refractivity (Wildman–Crippen MR) is 70.3 cm³/mol. The Kier molecular flexibility index (Phi) is 2.57. The first-order valence-electron chi connectivity index (χ1n) is 5.56. The zero-order valence-corrected chi connectivity index (χ0v) is 9.79. The van der Waals surface area contributed by atoms with Gasteiger partial charge in [-0.05, 0) is 0 Å². The summed E-state index contributed by atoms with van der Waals surface area (Å²) in [5.41, 5.74) is 7.82. The molecule has 0 fully saturated rings. The zero-order valence-electron chi connectivity index (χ0n) is 9.79. The fourth-order valence-electron chi connectivity index (χ4n) is 1.82. The lowest BCUT2D eigenvalue weighted by Crippen LogP contribution is -2.19. The normalized spacial score (nSPS) is 10.5. The van der Waals surface area contributed by atoms with Gasteiger partial charge in [-0.15, -0.1) is 0 Å². The number of hydrogen-bond donors (Lipinski definition) is 3. The number of nitrogens with zero attached hydrogens (tertiary/aromatic N) is 3. The summed E-state index contributed by atoms with van der Waals surface area (Å²) in [6, 6.07) is 8.95. The molecule has 7 nitrogen and oxygen atoms in total. The summed E-state index contributed by atoms with van der Waals surface area (Å²) in [5, 5.41) is 2.38. The van der Waals surface area contributed by atoms with Crippen LogP contribution in [-0.4, -0.2) is 26.0 Å². The number of aromatic nitrogens is 4. The Labute approximate surface area is 107 Å². The number of primary amides is 1. The first kappa shape index (κ1) is 11.1. The number of amides is 2. The third kappa shape index (κ3) is 2.08. The number of nitrogens with one attached hydrogen (secondary N) is 2. The van der Waals surface area contributed by atoms with Gasteiger partial charge in [0, 0.05) is 5.56 Å². The van der Waals surface area contributed by atoms with Crippen LogP contribution in [0.4, 0.5) is 10.7 Å². The van der Waals surface area contributed by atoms with Crippen LogP contribution in [0.2, 0.25) is 0 Å². The summed E-state index contributed by atoms with van der Waals surface area (Å²) in [5.74, 6) is 0.250. The van der Waals surface area contributed by atoms with Crippen molar-refractivity contribution >= 4 is 23.1 Å². The molecule has 2 aromatic heterocycles. The van der Waals surface area contributed by atoms with Crippen LogP contribution in [0.5, 0.6) is 0 Å². The van der Waals surface area contributed by atoms with Gasteiger partial charge >= 0.3 is 6.03 Å². The molecule has 0 aliphatic rings. The van der Waals surface area contributed by atoms with E-state index < -0.39 is 6.03 Å². The highest BCUT2D eigenvalue weighted by Gasteiger charge is 2.11. The summed E-state index contributed by atoms with van der Waals surface area (Å²) in [6.07, 6.45) is 1.43. The molecule has 0 spiro atoms. The number of nitrogens with two attached hydrogens (primary N) is 1. The average Bonchev–Trinajstić information content (AvgIpc) is 2.80. The fraction of sp³-hybridized carbons (Fsp3) is 0. The number of fused-ring (bicyclic) bond motifs is 1. The molecule has 7 heteroatoms. The van der Waals surface area contributed by atoms with E-state index in [1.165, 1.54) is 6.33 Å². The molecule has 0 saturated heterocycles. The highest BCUT2D eigenvalue weighted by atomic mass is 16.2. The van der Waals surface area contributed by atoms with Crippen LogP contribution in [-0.2, 0) is 0 Å². The van der Waals surface area contributed by atoms with Crippen molar-refractivity contribution in [3.63, 3.8) is 0 Å². The number of carbonyl (C=O) groups excluding carboxylic acids is 1. The highest BCUT2D eigenvalue weighted by molar-refractivity contribution is 5.91. The van der Waals surface area contributed by atoms with Crippen LogP contribution >= 0.6 is 0 Å². The molecule has 3 rings (SSSR count). The van der Waals surface area contributed by atoms with Crippen molar-refractivity contribution in [1.29, 1.82) is 0 Å². The Morgan fingerprint density at radius 3 is 2.74 bits per heavy atom. The molecule has 0 aliphatic carbocycles. The fourth-order valence-corrected chi connectivity index (χ4v) is 1.82. The number of imidazole rings is 1. The van der Waals surface area contributed by atoms with Gasteiger partial charge < -0.3 is 10.7 Å². The van der Waals surface area contributed by atoms with Gasteiger partial charge in [0.1, 0.15) is 11.8 Å². The lowest BCUT2D eigenvalue weighted by atomic mass is 10.1. The van der Waals surface area contributed by atoms with E-state index in [-0.39, 0.29) is 5.95 Å². The average molecular weight is 254 g/mol. The van der Waals surface area contributed by atoms with Crippen molar-refractivity contribution in [3.05, 3.63) is 36.7 Å². The van der Waals surface area contributed by atoms with Crippen molar-refractivity contribution < 1.29 is 4.79 Å². The van der Waals surface area contributed by atoms with Crippen LogP contribution in [0, 0.1) is 0 Å². The van der Waals surface area contributed by atoms with E-state index in [4.69, 9.17) is 5.73 Å². The maximum Gasteiger partial charge on any atom is 0.318 e. The van der Waals surface area contributed by atoms with Crippen LogP contribution < -0.4 is 11.1 Å². The maximum atomic E-state index is 10.8. The van der Waals surface area contributed by atoms with E-state index in [0.29, 0.717) is 11.2 Å². The molecule has 0 radical (unpaired) electrons. The van der Waals surface area contributed by atoms with Crippen molar-refractivity contribution in [2.24, 2.45) is 5.73 Å². The molecule has 94 valence electrons. The second-order valence-corrected chi connectivity index (χ2v) is 3.86. The Balaban J connectivity index is 2.15. The topological polar surface area (TPSA) is 110 Å². The van der Waals surface area contributed by atoms with Gasteiger partial charge in [0.15, 0.2) is 5.65 Å². The second kappa shape index (κ2) is 4.37. The van der Waals surface area contributed by atoms with Crippen molar-refractivity contribution in [1.82, 2.24) is 19.9 Å². The van der Waals surface area contributed by atoms with Gasteiger partial charge in [-0.1, -0.05) is 30.3 Å². The maximum absolute atomic E-state index is 10.8. The van der Waals surface area contributed by atoms with Gasteiger partial charge in [-0.2, -0.15) is 4.98 Å². The predicted octanol–water partition coefficient (Wildman–Crippen LogP) is 1.51. The van der Waals surface area contributed by atoms with Crippen molar-refractivity contribution in [3.8, 4) is 11.3 Å². The van der Waals surface area contributed by atoms with Crippen LogP contribution in [0.15, 0.2) is 36.7 Å². The number of carbonyl (C=O) groups is 1. The molecule has 0 saturated carbocycles. The van der Waals surface area contributed by atoms with Crippen molar-refractivity contribution in [2.75, 3.05) is 5.32 Å². The summed E-state index contributed by atoms with van der Waals surface area (Å²) in [4.78, 5) is 26.2. The number of aromatic amines is 1. The number of hydrogen-bond acceptors (Lipinski definition) is 4. The lowest BCUT2D eigenvalue weighted by molar-refractivity contribution is 0.259. The molecular weight excluding hydrogens is 244 g/mol. The summed E-state index contributed by atoms with van der Waals surface area (Å²) in [7, 11) is 0. The summed E-state index contributed by atoms with van der Waals surface area (Å²) in [6.45, 7) is 0. The Morgan fingerprint density at radius 2 is 2.00 bits per heavy atom. The van der Waals surface area contributed by atoms with E-state index in [1.807, 2.05) is 30.3 Å². The largest absolute Gasteiger partial charge is 0.351 e. The Hall–Kier alpha value is -2.96. The molecular formula is C12H10N6O. The smallest absolute Gasteiger partial charge is 0.318 e. The number of benzene rings is 1. The molecule has 0 bridgehead atoms. The molecule has 0 unspecified atom stereocenters. The Bertz CT molecular complexity index is 736. The molecule has 1 aromatic carbocycles. The molecule has 2 heterocycles. The zero-order chi connectivity index (χ0) is 13.2. The third-order valence-electron chi connectivity index (χ3n) is 2.58. The third-order valence-corrected chi connectivity index (χ3v) is 2.58. The Morgan fingerprint density at radius 1 is 1.21 bits per heavy atom. The minimum Gasteiger partial charge on any atom is -0.351 e. The summed E-state index contributed by atoms with van der Waals surface area (Å²) < 4.78 is 0. The molecule has 0 atom stereocenters. The minimum atomic E-state index is -0.687. The first-order valence-corrected chi connectivity index (χ1v) is 5.56. The van der Waals surface area contributed by atoms with Crippen LogP contribution in [0.25, 0.3) is 22.4 Å². The quantitative estimate of drug-likeness (QED) is 0.643.